The van der Waals surface area contributed by atoms with E-state index in [2.05, 4.69) is 19.2 Å². The first-order valence-electron chi connectivity index (χ1n) is 11.3. The lowest BCUT2D eigenvalue weighted by atomic mass is 9.83. The molecule has 174 valence electrons. The summed E-state index contributed by atoms with van der Waals surface area (Å²) in [6.45, 7) is 7.92. The normalized spacial score (nSPS) is 18.2. The number of carbonyl (C=O) groups excluding carboxylic acids is 1. The molecule has 1 amide bonds. The topological polar surface area (TPSA) is 75.7 Å². The summed E-state index contributed by atoms with van der Waals surface area (Å²) in [5, 5.41) is 3.16. The van der Waals surface area contributed by atoms with E-state index in [0.29, 0.717) is 18.5 Å². The van der Waals surface area contributed by atoms with Crippen LogP contribution < -0.4 is 14.4 Å². The van der Waals surface area contributed by atoms with Gasteiger partial charge < -0.3 is 10.1 Å². The quantitative estimate of drug-likeness (QED) is 0.620. The molecule has 0 aromatic heterocycles. The third kappa shape index (κ3) is 4.93. The largest absolute Gasteiger partial charge is 0.487 e. The van der Waals surface area contributed by atoms with Crippen LogP contribution >= 0.6 is 0 Å². The number of sulfonamides is 1. The number of fused-ring (bicyclic) bond motifs is 1. The Hall–Kier alpha value is -2.54. The van der Waals surface area contributed by atoms with Gasteiger partial charge in [-0.15, -0.1) is 0 Å². The summed E-state index contributed by atoms with van der Waals surface area (Å²) in [7, 11) is -3.68. The van der Waals surface area contributed by atoms with Gasteiger partial charge in [-0.3, -0.25) is 9.10 Å². The minimum absolute atomic E-state index is 0.250. The van der Waals surface area contributed by atoms with E-state index in [1.165, 1.54) is 4.31 Å². The first-order chi connectivity index (χ1) is 15.1. The number of benzene rings is 2. The number of amides is 1. The van der Waals surface area contributed by atoms with Crippen LogP contribution in [0.15, 0.2) is 48.5 Å². The number of hydrogen-bond acceptors (Lipinski definition) is 4. The standard InChI is InChI=1S/C25H34N2O4S/c1-6-22(27(32(5,29)30)19-13-11-12-18(4)16-19)24(28)26-21-17-25(7-2,8-3)31-23-15-10-9-14-20(21)23/h9-16,21-22H,6-8,17H2,1-5H3,(H,26,28)/t21-,22+/m1/s1. The Morgan fingerprint density at radius 3 is 2.44 bits per heavy atom. The number of para-hydroxylation sites is 1. The Kier molecular flexibility index (Phi) is 7.18. The molecule has 0 aliphatic carbocycles. The maximum Gasteiger partial charge on any atom is 0.244 e. The van der Waals surface area contributed by atoms with E-state index in [9.17, 15) is 13.2 Å². The summed E-state index contributed by atoms with van der Waals surface area (Å²) in [5.74, 6) is 0.474. The Balaban J connectivity index is 1.96. The van der Waals surface area contributed by atoms with Crippen molar-refractivity contribution in [2.75, 3.05) is 10.6 Å². The molecule has 0 unspecified atom stereocenters. The lowest BCUT2D eigenvalue weighted by Crippen LogP contribution is -2.52. The van der Waals surface area contributed by atoms with Gasteiger partial charge in [-0.1, -0.05) is 51.1 Å². The van der Waals surface area contributed by atoms with Gasteiger partial charge >= 0.3 is 0 Å². The molecule has 0 spiro atoms. The third-order valence-electron chi connectivity index (χ3n) is 6.39. The van der Waals surface area contributed by atoms with Gasteiger partial charge in [0.25, 0.3) is 0 Å². The molecule has 0 saturated heterocycles. The highest BCUT2D eigenvalue weighted by Gasteiger charge is 2.40. The SMILES string of the molecule is CC[C@@H](C(=O)N[C@@H]1CC(CC)(CC)Oc2ccccc21)N(c1cccc(C)c1)S(C)(=O)=O. The lowest BCUT2D eigenvalue weighted by molar-refractivity contribution is -0.123. The molecule has 2 aromatic rings. The zero-order chi connectivity index (χ0) is 23.5. The minimum Gasteiger partial charge on any atom is -0.487 e. The Labute approximate surface area is 192 Å². The van der Waals surface area contributed by atoms with Crippen LogP contribution in [0.1, 0.15) is 63.6 Å². The first kappa shape index (κ1) is 24.1. The summed E-state index contributed by atoms with van der Waals surface area (Å²) < 4.78 is 33.1. The molecule has 1 aliphatic rings. The molecule has 6 nitrogen and oxygen atoms in total. The van der Waals surface area contributed by atoms with E-state index in [0.717, 1.165) is 36.0 Å². The van der Waals surface area contributed by atoms with Gasteiger partial charge in [0, 0.05) is 12.0 Å². The van der Waals surface area contributed by atoms with E-state index in [1.807, 2.05) is 44.2 Å². The van der Waals surface area contributed by atoms with Crippen molar-refractivity contribution >= 4 is 21.6 Å². The van der Waals surface area contributed by atoms with Crippen LogP contribution in [0.2, 0.25) is 0 Å². The Bertz CT molecular complexity index is 1060. The molecule has 1 aliphatic heterocycles. The molecule has 3 rings (SSSR count). The van der Waals surface area contributed by atoms with E-state index in [1.54, 1.807) is 18.2 Å². The molecule has 2 atom stereocenters. The van der Waals surface area contributed by atoms with Crippen molar-refractivity contribution in [1.82, 2.24) is 5.32 Å². The van der Waals surface area contributed by atoms with Crippen LogP contribution in [0.4, 0.5) is 5.69 Å². The fraction of sp³-hybridized carbons (Fsp3) is 0.480. The number of nitrogens with zero attached hydrogens (tertiary/aromatic N) is 1. The van der Waals surface area contributed by atoms with Crippen molar-refractivity contribution in [2.45, 2.75) is 71.1 Å². The summed E-state index contributed by atoms with van der Waals surface area (Å²) in [4.78, 5) is 13.5. The number of carbonyl (C=O) groups is 1. The predicted molar refractivity (Wildman–Crippen MR) is 128 cm³/mol. The zero-order valence-corrected chi connectivity index (χ0v) is 20.4. The van der Waals surface area contributed by atoms with Crippen molar-refractivity contribution in [3.05, 3.63) is 59.7 Å². The second-order valence-corrected chi connectivity index (χ2v) is 10.5. The third-order valence-corrected chi connectivity index (χ3v) is 7.57. The van der Waals surface area contributed by atoms with Crippen LogP contribution in [0.25, 0.3) is 0 Å². The lowest BCUT2D eigenvalue weighted by Gasteiger charge is -2.42. The van der Waals surface area contributed by atoms with Gasteiger partial charge in [0.15, 0.2) is 0 Å². The van der Waals surface area contributed by atoms with Gasteiger partial charge in [-0.05, 0) is 49.9 Å². The van der Waals surface area contributed by atoms with Crippen molar-refractivity contribution in [3.8, 4) is 5.75 Å². The molecule has 7 heteroatoms. The fourth-order valence-electron chi connectivity index (χ4n) is 4.52. The van der Waals surface area contributed by atoms with E-state index in [4.69, 9.17) is 4.74 Å². The number of hydrogen-bond donors (Lipinski definition) is 1. The maximum atomic E-state index is 13.5. The maximum absolute atomic E-state index is 13.5. The minimum atomic E-state index is -3.68. The van der Waals surface area contributed by atoms with Crippen molar-refractivity contribution in [3.63, 3.8) is 0 Å². The molecule has 0 saturated carbocycles. The summed E-state index contributed by atoms with van der Waals surface area (Å²) in [6.07, 6.45) is 3.78. The van der Waals surface area contributed by atoms with Crippen LogP contribution in [0, 0.1) is 6.92 Å². The number of nitrogens with one attached hydrogen (secondary N) is 1. The second kappa shape index (κ2) is 9.53. The van der Waals surface area contributed by atoms with Crippen molar-refractivity contribution < 1.29 is 17.9 Å². The average molecular weight is 459 g/mol. The molecule has 32 heavy (non-hydrogen) atoms. The van der Waals surface area contributed by atoms with Crippen molar-refractivity contribution in [1.29, 1.82) is 0 Å². The molecule has 0 bridgehead atoms. The van der Waals surface area contributed by atoms with Gasteiger partial charge in [0.05, 0.1) is 18.0 Å². The molecule has 0 radical (unpaired) electrons. The Morgan fingerprint density at radius 1 is 1.16 bits per heavy atom. The van der Waals surface area contributed by atoms with Crippen molar-refractivity contribution in [2.24, 2.45) is 0 Å². The smallest absolute Gasteiger partial charge is 0.244 e. The van der Waals surface area contributed by atoms with Gasteiger partial charge in [-0.2, -0.15) is 0 Å². The number of anilines is 1. The van der Waals surface area contributed by atoms with E-state index in [-0.39, 0.29) is 17.6 Å². The summed E-state index contributed by atoms with van der Waals surface area (Å²) in [6, 6.07) is 13.9. The highest BCUT2D eigenvalue weighted by molar-refractivity contribution is 7.92. The number of rotatable bonds is 8. The highest BCUT2D eigenvalue weighted by Crippen LogP contribution is 2.42. The monoisotopic (exact) mass is 458 g/mol. The predicted octanol–water partition coefficient (Wildman–Crippen LogP) is 4.74. The molecule has 1 N–H and O–H groups in total. The summed E-state index contributed by atoms with van der Waals surface area (Å²) in [5.41, 5.74) is 2.00. The van der Waals surface area contributed by atoms with Gasteiger partial charge in [0.2, 0.25) is 15.9 Å². The van der Waals surface area contributed by atoms with Crippen LogP contribution in [-0.2, 0) is 14.8 Å². The molecule has 0 fully saturated rings. The van der Waals surface area contributed by atoms with E-state index < -0.39 is 16.1 Å². The van der Waals surface area contributed by atoms with Crippen LogP contribution in [0.5, 0.6) is 5.75 Å². The molecule has 2 aromatic carbocycles. The van der Waals surface area contributed by atoms with E-state index >= 15 is 0 Å². The van der Waals surface area contributed by atoms with Gasteiger partial charge in [0.1, 0.15) is 17.4 Å². The average Bonchev–Trinajstić information content (AvgIpc) is 2.76. The summed E-state index contributed by atoms with van der Waals surface area (Å²) >= 11 is 0. The van der Waals surface area contributed by atoms with Gasteiger partial charge in [-0.25, -0.2) is 8.42 Å². The fourth-order valence-corrected chi connectivity index (χ4v) is 5.73. The molecular formula is C25H34N2O4S. The number of aryl methyl sites for hydroxylation is 1. The Morgan fingerprint density at radius 2 is 1.84 bits per heavy atom. The first-order valence-corrected chi connectivity index (χ1v) is 13.1. The highest BCUT2D eigenvalue weighted by atomic mass is 32.2. The van der Waals surface area contributed by atoms with Crippen LogP contribution in [0.3, 0.4) is 0 Å². The second-order valence-electron chi connectivity index (χ2n) is 8.62. The zero-order valence-electron chi connectivity index (χ0n) is 19.6. The number of ether oxygens (including phenoxy) is 1. The van der Waals surface area contributed by atoms with Crippen LogP contribution in [-0.4, -0.2) is 32.2 Å². The molecular weight excluding hydrogens is 424 g/mol. The molecule has 1 heterocycles.